The van der Waals surface area contributed by atoms with Crippen LogP contribution in [-0.4, -0.2) is 41.5 Å². The number of rotatable bonds is 5. The van der Waals surface area contributed by atoms with Crippen molar-refractivity contribution in [2.24, 2.45) is 0 Å². The van der Waals surface area contributed by atoms with Crippen LogP contribution < -0.4 is 0 Å². The molecule has 18 heavy (non-hydrogen) atoms. The third-order valence-corrected chi connectivity index (χ3v) is 2.67. The van der Waals surface area contributed by atoms with Crippen LogP contribution in [0.3, 0.4) is 0 Å². The summed E-state index contributed by atoms with van der Waals surface area (Å²) >= 11 is 3.20. The van der Waals surface area contributed by atoms with E-state index in [4.69, 9.17) is 4.74 Å². The van der Waals surface area contributed by atoms with Crippen molar-refractivity contribution in [2.45, 2.75) is 13.8 Å². The molecule has 0 aromatic carbocycles. The zero-order valence-corrected chi connectivity index (χ0v) is 11.9. The first kappa shape index (κ1) is 14.6. The molecule has 1 heterocycles. The molecule has 0 unspecified atom stereocenters. The molecular weight excluding hydrogens is 300 g/mol. The highest BCUT2D eigenvalue weighted by molar-refractivity contribution is 9.10. The number of nitrogens with zero attached hydrogens (tertiary/aromatic N) is 2. The minimum atomic E-state index is -0.414. The van der Waals surface area contributed by atoms with E-state index in [9.17, 15) is 9.59 Å². The summed E-state index contributed by atoms with van der Waals surface area (Å²) in [5.41, 5.74) is 0.301. The van der Waals surface area contributed by atoms with Gasteiger partial charge in [-0.1, -0.05) is 6.07 Å². The van der Waals surface area contributed by atoms with Gasteiger partial charge in [-0.05, 0) is 41.9 Å². The van der Waals surface area contributed by atoms with Crippen molar-refractivity contribution in [3.05, 3.63) is 28.5 Å². The molecule has 0 N–H and O–H groups in total. The van der Waals surface area contributed by atoms with Gasteiger partial charge in [0.1, 0.15) is 16.8 Å². The van der Waals surface area contributed by atoms with Gasteiger partial charge < -0.3 is 9.64 Å². The molecule has 1 amide bonds. The number of carbonyl (C=O) groups is 2. The Hall–Kier alpha value is -1.43. The maximum atomic E-state index is 12.1. The van der Waals surface area contributed by atoms with Gasteiger partial charge in [0.25, 0.3) is 5.91 Å². The van der Waals surface area contributed by atoms with E-state index in [1.165, 1.54) is 4.90 Å². The quantitative estimate of drug-likeness (QED) is 0.615. The van der Waals surface area contributed by atoms with Gasteiger partial charge in [-0.15, -0.1) is 0 Å². The molecule has 1 rings (SSSR count). The lowest BCUT2D eigenvalue weighted by Crippen LogP contribution is -2.36. The van der Waals surface area contributed by atoms with E-state index < -0.39 is 5.97 Å². The van der Waals surface area contributed by atoms with Crippen LogP contribution in [0.1, 0.15) is 24.3 Å². The van der Waals surface area contributed by atoms with Gasteiger partial charge in [0, 0.05) is 6.54 Å². The standard InChI is InChI=1S/C12H15BrN2O3/c1-3-15(8-11(16)18-4-2)12(17)9-6-5-7-10(13)14-9/h5-7H,3-4,8H2,1-2H3. The van der Waals surface area contributed by atoms with E-state index in [0.717, 1.165) is 0 Å². The summed E-state index contributed by atoms with van der Waals surface area (Å²) < 4.78 is 5.41. The topological polar surface area (TPSA) is 59.5 Å². The van der Waals surface area contributed by atoms with E-state index in [0.29, 0.717) is 23.4 Å². The fourth-order valence-electron chi connectivity index (χ4n) is 1.38. The average Bonchev–Trinajstić information content (AvgIpc) is 2.35. The Balaban J connectivity index is 2.76. The molecule has 1 aromatic rings. The first-order valence-electron chi connectivity index (χ1n) is 5.66. The Bertz CT molecular complexity index is 437. The molecule has 1 aromatic heterocycles. The van der Waals surface area contributed by atoms with E-state index in [1.807, 2.05) is 0 Å². The number of amides is 1. The fraction of sp³-hybridized carbons (Fsp3) is 0.417. The molecule has 0 saturated carbocycles. The minimum absolute atomic E-state index is 0.0582. The highest BCUT2D eigenvalue weighted by atomic mass is 79.9. The molecule has 5 nitrogen and oxygen atoms in total. The first-order chi connectivity index (χ1) is 8.58. The van der Waals surface area contributed by atoms with Crippen molar-refractivity contribution in [2.75, 3.05) is 19.7 Å². The Kier molecular flexibility index (Phi) is 5.77. The second-order valence-electron chi connectivity index (χ2n) is 3.47. The second-order valence-corrected chi connectivity index (χ2v) is 4.28. The normalized spacial score (nSPS) is 9.94. The first-order valence-corrected chi connectivity index (χ1v) is 6.45. The summed E-state index contributed by atoms with van der Waals surface area (Å²) in [4.78, 5) is 28.9. The van der Waals surface area contributed by atoms with Gasteiger partial charge in [-0.2, -0.15) is 0 Å². The average molecular weight is 315 g/mol. The summed E-state index contributed by atoms with van der Waals surface area (Å²) in [6, 6.07) is 5.07. The van der Waals surface area contributed by atoms with Crippen LogP contribution in [0, 0.1) is 0 Å². The van der Waals surface area contributed by atoms with Gasteiger partial charge in [0.15, 0.2) is 0 Å². The number of aromatic nitrogens is 1. The number of hydrogen-bond donors (Lipinski definition) is 0. The number of ether oxygens (including phenoxy) is 1. The maximum Gasteiger partial charge on any atom is 0.325 e. The third-order valence-electron chi connectivity index (χ3n) is 2.23. The molecule has 0 saturated heterocycles. The maximum absolute atomic E-state index is 12.1. The van der Waals surface area contributed by atoms with Crippen LogP contribution in [0.4, 0.5) is 0 Å². The van der Waals surface area contributed by atoms with E-state index >= 15 is 0 Å². The van der Waals surface area contributed by atoms with Gasteiger partial charge in [-0.25, -0.2) is 4.98 Å². The highest BCUT2D eigenvalue weighted by Crippen LogP contribution is 2.08. The zero-order chi connectivity index (χ0) is 13.5. The van der Waals surface area contributed by atoms with E-state index in [-0.39, 0.29) is 12.5 Å². The second kappa shape index (κ2) is 7.10. The predicted molar refractivity (Wildman–Crippen MR) is 70.1 cm³/mol. The molecule has 0 bridgehead atoms. The van der Waals surface area contributed by atoms with Gasteiger partial charge in [0.05, 0.1) is 6.61 Å². The fourth-order valence-corrected chi connectivity index (χ4v) is 1.72. The molecule has 0 fully saturated rings. The number of esters is 1. The molecule has 0 aliphatic heterocycles. The summed E-state index contributed by atoms with van der Waals surface area (Å²) in [6.07, 6.45) is 0. The largest absolute Gasteiger partial charge is 0.465 e. The lowest BCUT2D eigenvalue weighted by molar-refractivity contribution is -0.143. The van der Waals surface area contributed by atoms with Crippen molar-refractivity contribution in [3.63, 3.8) is 0 Å². The van der Waals surface area contributed by atoms with Crippen molar-refractivity contribution in [1.29, 1.82) is 0 Å². The Morgan fingerprint density at radius 2 is 2.11 bits per heavy atom. The van der Waals surface area contributed by atoms with Crippen LogP contribution in [-0.2, 0) is 9.53 Å². The predicted octanol–water partition coefficient (Wildman–Crippen LogP) is 1.87. The van der Waals surface area contributed by atoms with Crippen LogP contribution in [0.25, 0.3) is 0 Å². The molecule has 0 aliphatic carbocycles. The molecule has 0 radical (unpaired) electrons. The minimum Gasteiger partial charge on any atom is -0.465 e. The monoisotopic (exact) mass is 314 g/mol. The molecule has 6 heteroatoms. The molecule has 98 valence electrons. The van der Waals surface area contributed by atoms with Crippen LogP contribution in [0.15, 0.2) is 22.8 Å². The zero-order valence-electron chi connectivity index (χ0n) is 10.4. The number of pyridine rings is 1. The van der Waals surface area contributed by atoms with Crippen molar-refractivity contribution in [1.82, 2.24) is 9.88 Å². The van der Waals surface area contributed by atoms with E-state index in [1.54, 1.807) is 32.0 Å². The van der Waals surface area contributed by atoms with Crippen LogP contribution >= 0.6 is 15.9 Å². The number of likely N-dealkylation sites (N-methyl/N-ethyl adjacent to an activating group) is 1. The summed E-state index contributed by atoms with van der Waals surface area (Å²) in [5, 5.41) is 0. The molecule has 0 aliphatic rings. The summed E-state index contributed by atoms with van der Waals surface area (Å²) in [6.45, 7) is 4.20. The molecule has 0 atom stereocenters. The number of halogens is 1. The van der Waals surface area contributed by atoms with Gasteiger partial charge in [0.2, 0.25) is 0 Å². The van der Waals surface area contributed by atoms with Crippen molar-refractivity contribution < 1.29 is 14.3 Å². The number of carbonyl (C=O) groups excluding carboxylic acids is 2. The van der Waals surface area contributed by atoms with Crippen LogP contribution in [0.2, 0.25) is 0 Å². The highest BCUT2D eigenvalue weighted by Gasteiger charge is 2.19. The van der Waals surface area contributed by atoms with Crippen molar-refractivity contribution in [3.8, 4) is 0 Å². The third kappa shape index (κ3) is 4.10. The molecular formula is C12H15BrN2O3. The lowest BCUT2D eigenvalue weighted by Gasteiger charge is -2.19. The Morgan fingerprint density at radius 1 is 1.39 bits per heavy atom. The smallest absolute Gasteiger partial charge is 0.325 e. The van der Waals surface area contributed by atoms with Crippen molar-refractivity contribution >= 4 is 27.8 Å². The Labute approximate surface area is 114 Å². The molecule has 0 spiro atoms. The SMILES string of the molecule is CCOC(=O)CN(CC)C(=O)c1cccc(Br)n1. The Morgan fingerprint density at radius 3 is 2.67 bits per heavy atom. The number of hydrogen-bond acceptors (Lipinski definition) is 4. The van der Waals surface area contributed by atoms with Gasteiger partial charge >= 0.3 is 5.97 Å². The summed E-state index contributed by atoms with van der Waals surface area (Å²) in [7, 11) is 0. The van der Waals surface area contributed by atoms with Crippen LogP contribution in [0.5, 0.6) is 0 Å². The van der Waals surface area contributed by atoms with Gasteiger partial charge in [-0.3, -0.25) is 9.59 Å². The summed E-state index contributed by atoms with van der Waals surface area (Å²) in [5.74, 6) is -0.699. The van der Waals surface area contributed by atoms with E-state index in [2.05, 4.69) is 20.9 Å². The lowest BCUT2D eigenvalue weighted by atomic mass is 10.3.